The maximum Gasteiger partial charge on any atom is 0.317 e. The van der Waals surface area contributed by atoms with Gasteiger partial charge in [-0.25, -0.2) is 9.48 Å². The summed E-state index contributed by atoms with van der Waals surface area (Å²) in [5.41, 5.74) is 1.87. The van der Waals surface area contributed by atoms with Crippen molar-refractivity contribution >= 4 is 11.9 Å². The number of hydrogen-bond donors (Lipinski definition) is 1. The Balaban J connectivity index is 1.01. The summed E-state index contributed by atoms with van der Waals surface area (Å²) in [6.07, 6.45) is 11.1. The molecule has 4 aliphatic carbocycles. The number of urea groups is 1. The van der Waals surface area contributed by atoms with Crippen LogP contribution in [0.4, 0.5) is 4.79 Å². The maximum atomic E-state index is 13.6. The van der Waals surface area contributed by atoms with Crippen LogP contribution in [0.2, 0.25) is 0 Å². The zero-order valence-corrected chi connectivity index (χ0v) is 19.2. The zero-order valence-electron chi connectivity index (χ0n) is 19.2. The van der Waals surface area contributed by atoms with Crippen LogP contribution in [0.5, 0.6) is 0 Å². The third-order valence-electron chi connectivity index (χ3n) is 8.45. The fourth-order valence-electron chi connectivity index (χ4n) is 7.28. The Labute approximate surface area is 195 Å². The van der Waals surface area contributed by atoms with Crippen LogP contribution in [0.15, 0.2) is 42.7 Å². The van der Waals surface area contributed by atoms with Crippen molar-refractivity contribution in [1.29, 1.82) is 0 Å². The highest BCUT2D eigenvalue weighted by Gasteiger charge is 2.55. The Morgan fingerprint density at radius 3 is 2.15 bits per heavy atom. The minimum atomic E-state index is -0.0852. The quantitative estimate of drug-likeness (QED) is 0.781. The summed E-state index contributed by atoms with van der Waals surface area (Å²) in [5.74, 6) is 2.71. The standard InChI is InChI=1S/C26H33N5O2/c32-24(26-13-19-10-20(14-26)12-21(11-19)15-26)29-6-8-30(9-7-29)25(33)27-16-22-17-28-31(18-22)23-4-2-1-3-5-23/h1-5,17-21H,6-16H2,(H,27,33). The summed E-state index contributed by atoms with van der Waals surface area (Å²) in [5, 5.41) is 7.41. The second-order valence-corrected chi connectivity index (χ2v) is 10.8. The zero-order chi connectivity index (χ0) is 22.4. The Kier molecular flexibility index (Phi) is 5.15. The van der Waals surface area contributed by atoms with Gasteiger partial charge in [0.05, 0.1) is 17.3 Å². The van der Waals surface area contributed by atoms with Crippen LogP contribution in [0.1, 0.15) is 44.1 Å². The van der Waals surface area contributed by atoms with Crippen LogP contribution >= 0.6 is 0 Å². The van der Waals surface area contributed by atoms with Gasteiger partial charge in [0, 0.05) is 44.5 Å². The number of nitrogens with zero attached hydrogens (tertiary/aromatic N) is 4. The summed E-state index contributed by atoms with van der Waals surface area (Å²) in [6, 6.07) is 9.87. The molecule has 7 nitrogen and oxygen atoms in total. The first-order chi connectivity index (χ1) is 16.1. The normalized spacial score (nSPS) is 30.5. The van der Waals surface area contributed by atoms with Gasteiger partial charge in [0.1, 0.15) is 0 Å². The molecule has 0 atom stereocenters. The third kappa shape index (κ3) is 3.91. The van der Waals surface area contributed by atoms with E-state index in [4.69, 9.17) is 0 Å². The highest BCUT2D eigenvalue weighted by molar-refractivity contribution is 5.84. The van der Waals surface area contributed by atoms with E-state index >= 15 is 0 Å². The molecule has 4 bridgehead atoms. The lowest BCUT2D eigenvalue weighted by Gasteiger charge is -2.57. The molecule has 0 unspecified atom stereocenters. The fourth-order valence-corrected chi connectivity index (χ4v) is 7.28. The number of piperazine rings is 1. The first-order valence-corrected chi connectivity index (χ1v) is 12.5. The lowest BCUT2D eigenvalue weighted by Crippen LogP contribution is -2.59. The SMILES string of the molecule is O=C(NCc1cnn(-c2ccccc2)c1)N1CCN(C(=O)C23CC4CC(CC(C4)C2)C3)CC1. The van der Waals surface area contributed by atoms with Crippen molar-refractivity contribution in [2.24, 2.45) is 23.2 Å². The van der Waals surface area contributed by atoms with Crippen LogP contribution < -0.4 is 5.32 Å². The molecule has 33 heavy (non-hydrogen) atoms. The predicted molar refractivity (Wildman–Crippen MR) is 125 cm³/mol. The van der Waals surface area contributed by atoms with E-state index in [0.717, 1.165) is 48.3 Å². The molecule has 1 aliphatic heterocycles. The molecule has 174 valence electrons. The highest BCUT2D eigenvalue weighted by Crippen LogP contribution is 2.60. The number of aromatic nitrogens is 2. The molecular weight excluding hydrogens is 414 g/mol. The van der Waals surface area contributed by atoms with Crippen LogP contribution in [-0.4, -0.2) is 57.7 Å². The number of carbonyl (C=O) groups excluding carboxylic acids is 2. The molecule has 0 radical (unpaired) electrons. The molecular formula is C26H33N5O2. The van der Waals surface area contributed by atoms with E-state index in [-0.39, 0.29) is 11.4 Å². The van der Waals surface area contributed by atoms with Gasteiger partial charge in [-0.2, -0.15) is 5.10 Å². The summed E-state index contributed by atoms with van der Waals surface area (Å²) >= 11 is 0. The molecule has 1 saturated heterocycles. The van der Waals surface area contributed by atoms with Crippen LogP contribution in [0.3, 0.4) is 0 Å². The molecule has 2 heterocycles. The van der Waals surface area contributed by atoms with Crippen molar-refractivity contribution in [3.8, 4) is 5.69 Å². The first-order valence-electron chi connectivity index (χ1n) is 12.5. The molecule has 1 aromatic heterocycles. The van der Waals surface area contributed by atoms with Crippen molar-refractivity contribution in [3.63, 3.8) is 0 Å². The van der Waals surface area contributed by atoms with Crippen LogP contribution in [-0.2, 0) is 11.3 Å². The minimum absolute atomic E-state index is 0.0654. The number of amides is 3. The molecule has 7 rings (SSSR count). The van der Waals surface area contributed by atoms with E-state index in [0.29, 0.717) is 38.6 Å². The lowest BCUT2D eigenvalue weighted by molar-refractivity contribution is -0.159. The average molecular weight is 448 g/mol. The molecule has 2 aromatic rings. The average Bonchev–Trinajstić information content (AvgIpc) is 3.31. The first kappa shape index (κ1) is 20.8. The van der Waals surface area contributed by atoms with Crippen molar-refractivity contribution < 1.29 is 9.59 Å². The number of hydrogen-bond acceptors (Lipinski definition) is 3. The monoisotopic (exact) mass is 447 g/mol. The van der Waals surface area contributed by atoms with Gasteiger partial charge in [-0.1, -0.05) is 18.2 Å². The van der Waals surface area contributed by atoms with E-state index in [1.807, 2.05) is 46.1 Å². The van der Waals surface area contributed by atoms with E-state index in [2.05, 4.69) is 15.3 Å². The number of carbonyl (C=O) groups is 2. The van der Waals surface area contributed by atoms with Crippen molar-refractivity contribution in [2.45, 2.75) is 45.1 Å². The summed E-state index contributed by atoms with van der Waals surface area (Å²) in [7, 11) is 0. The Hall–Kier alpha value is -2.83. The smallest absolute Gasteiger partial charge is 0.317 e. The Bertz CT molecular complexity index is 989. The topological polar surface area (TPSA) is 70.5 Å². The number of rotatable bonds is 4. The molecule has 5 fully saturated rings. The molecule has 3 amide bonds. The molecule has 1 aromatic carbocycles. The number of para-hydroxylation sites is 1. The summed E-state index contributed by atoms with van der Waals surface area (Å²) < 4.78 is 1.82. The van der Waals surface area contributed by atoms with Crippen molar-refractivity contribution in [1.82, 2.24) is 24.9 Å². The summed E-state index contributed by atoms with van der Waals surface area (Å²) in [4.78, 5) is 30.2. The molecule has 7 heteroatoms. The second-order valence-electron chi connectivity index (χ2n) is 10.8. The Morgan fingerprint density at radius 2 is 1.52 bits per heavy atom. The van der Waals surface area contributed by atoms with Crippen LogP contribution in [0.25, 0.3) is 5.69 Å². The molecule has 0 spiro atoms. The van der Waals surface area contributed by atoms with Gasteiger partial charge in [-0.3, -0.25) is 4.79 Å². The van der Waals surface area contributed by atoms with Gasteiger partial charge in [0.25, 0.3) is 0 Å². The third-order valence-corrected chi connectivity index (χ3v) is 8.45. The van der Waals surface area contributed by atoms with Gasteiger partial charge < -0.3 is 15.1 Å². The van der Waals surface area contributed by atoms with E-state index in [9.17, 15) is 9.59 Å². The second kappa shape index (κ2) is 8.19. The molecule has 4 saturated carbocycles. The van der Waals surface area contributed by atoms with Gasteiger partial charge in [-0.15, -0.1) is 0 Å². The lowest BCUT2D eigenvalue weighted by atomic mass is 9.49. The molecule has 5 aliphatic rings. The summed E-state index contributed by atoms with van der Waals surface area (Å²) in [6.45, 7) is 2.96. The number of benzene rings is 1. The van der Waals surface area contributed by atoms with Gasteiger partial charge >= 0.3 is 6.03 Å². The Morgan fingerprint density at radius 1 is 0.909 bits per heavy atom. The van der Waals surface area contributed by atoms with Crippen molar-refractivity contribution in [3.05, 3.63) is 48.3 Å². The maximum absolute atomic E-state index is 13.6. The highest BCUT2D eigenvalue weighted by atomic mass is 16.2. The largest absolute Gasteiger partial charge is 0.339 e. The van der Waals surface area contributed by atoms with E-state index in [1.165, 1.54) is 19.3 Å². The predicted octanol–water partition coefficient (Wildman–Crippen LogP) is 3.44. The van der Waals surface area contributed by atoms with E-state index in [1.54, 1.807) is 6.20 Å². The van der Waals surface area contributed by atoms with Crippen LogP contribution in [0, 0.1) is 23.2 Å². The van der Waals surface area contributed by atoms with E-state index < -0.39 is 0 Å². The minimum Gasteiger partial charge on any atom is -0.339 e. The fraction of sp³-hybridized carbons (Fsp3) is 0.577. The number of nitrogens with one attached hydrogen (secondary N) is 1. The van der Waals surface area contributed by atoms with Gasteiger partial charge in [-0.05, 0) is 68.4 Å². The van der Waals surface area contributed by atoms with Gasteiger partial charge in [0.2, 0.25) is 5.91 Å². The van der Waals surface area contributed by atoms with Gasteiger partial charge in [0.15, 0.2) is 0 Å². The molecule has 1 N–H and O–H groups in total. The van der Waals surface area contributed by atoms with Crippen molar-refractivity contribution in [2.75, 3.05) is 26.2 Å².